The first-order valence-electron chi connectivity index (χ1n) is 6.98. The Bertz CT molecular complexity index is 394. The maximum absolute atomic E-state index is 10.2. The molecule has 1 aliphatic rings. The Morgan fingerprint density at radius 3 is 2.58 bits per heavy atom. The lowest BCUT2D eigenvalue weighted by atomic mass is 10.0. The number of aliphatic hydroxyl groups is 1. The van der Waals surface area contributed by atoms with Crippen LogP contribution >= 0.6 is 0 Å². The maximum Gasteiger partial charge on any atom is 0.119 e. The molecule has 1 aliphatic carbocycles. The lowest BCUT2D eigenvalue weighted by molar-refractivity contribution is 0.0475. The summed E-state index contributed by atoms with van der Waals surface area (Å²) in [5.74, 6) is 0.859. The van der Waals surface area contributed by atoms with Crippen LogP contribution < -0.4 is 10.1 Å². The molecule has 0 saturated heterocycles. The summed E-state index contributed by atoms with van der Waals surface area (Å²) in [6.45, 7) is 5.62. The average Bonchev–Trinajstić information content (AvgIpc) is 2.85. The average molecular weight is 261 g/mol. The SMILES string of the molecule is C=CCOc1ccc(CNCC2(O)CCCC2)cc1. The van der Waals surface area contributed by atoms with Gasteiger partial charge in [-0.05, 0) is 30.5 Å². The molecule has 104 valence electrons. The van der Waals surface area contributed by atoms with E-state index in [0.29, 0.717) is 13.2 Å². The van der Waals surface area contributed by atoms with Gasteiger partial charge in [0.1, 0.15) is 12.4 Å². The van der Waals surface area contributed by atoms with Crippen LogP contribution in [0.2, 0.25) is 0 Å². The predicted molar refractivity (Wildman–Crippen MR) is 77.3 cm³/mol. The molecule has 0 spiro atoms. The highest BCUT2D eigenvalue weighted by Gasteiger charge is 2.30. The van der Waals surface area contributed by atoms with Crippen molar-refractivity contribution in [2.45, 2.75) is 37.8 Å². The Balaban J connectivity index is 1.75. The Morgan fingerprint density at radius 1 is 1.26 bits per heavy atom. The van der Waals surface area contributed by atoms with E-state index in [-0.39, 0.29) is 0 Å². The van der Waals surface area contributed by atoms with Crippen molar-refractivity contribution in [3.05, 3.63) is 42.5 Å². The first-order valence-corrected chi connectivity index (χ1v) is 6.98. The fourth-order valence-electron chi connectivity index (χ4n) is 2.51. The molecule has 0 aromatic heterocycles. The van der Waals surface area contributed by atoms with Crippen LogP contribution in [0.3, 0.4) is 0 Å². The third kappa shape index (κ3) is 4.37. The molecule has 0 atom stereocenters. The molecule has 0 aliphatic heterocycles. The Hall–Kier alpha value is -1.32. The van der Waals surface area contributed by atoms with Crippen LogP contribution in [-0.4, -0.2) is 23.9 Å². The van der Waals surface area contributed by atoms with Crippen LogP contribution in [0.15, 0.2) is 36.9 Å². The van der Waals surface area contributed by atoms with Crippen LogP contribution in [0, 0.1) is 0 Å². The molecule has 2 rings (SSSR count). The van der Waals surface area contributed by atoms with Gasteiger partial charge in [0.2, 0.25) is 0 Å². The standard InChI is InChI=1S/C16H23NO2/c1-2-11-19-15-7-5-14(6-8-15)12-17-13-16(18)9-3-4-10-16/h2,5-8,17-18H,1,3-4,9-13H2. The number of hydrogen-bond donors (Lipinski definition) is 2. The highest BCUT2D eigenvalue weighted by molar-refractivity contribution is 5.27. The molecule has 1 fully saturated rings. The minimum absolute atomic E-state index is 0.479. The smallest absolute Gasteiger partial charge is 0.119 e. The predicted octanol–water partition coefficient (Wildman–Crippen LogP) is 2.65. The molecule has 1 saturated carbocycles. The van der Waals surface area contributed by atoms with Gasteiger partial charge in [0.15, 0.2) is 0 Å². The van der Waals surface area contributed by atoms with E-state index in [1.807, 2.05) is 24.3 Å². The van der Waals surface area contributed by atoms with Crippen LogP contribution in [0.25, 0.3) is 0 Å². The number of benzene rings is 1. The van der Waals surface area contributed by atoms with E-state index >= 15 is 0 Å². The van der Waals surface area contributed by atoms with Gasteiger partial charge in [-0.1, -0.05) is 37.6 Å². The molecule has 3 heteroatoms. The summed E-state index contributed by atoms with van der Waals surface area (Å²) < 4.78 is 5.43. The second kappa shape index (κ2) is 6.73. The van der Waals surface area contributed by atoms with Gasteiger partial charge < -0.3 is 15.2 Å². The van der Waals surface area contributed by atoms with Crippen molar-refractivity contribution in [1.29, 1.82) is 0 Å². The zero-order valence-electron chi connectivity index (χ0n) is 11.4. The van der Waals surface area contributed by atoms with Crippen molar-refractivity contribution in [1.82, 2.24) is 5.32 Å². The molecule has 0 amide bonds. The molecule has 0 unspecified atom stereocenters. The van der Waals surface area contributed by atoms with Gasteiger partial charge in [-0.3, -0.25) is 0 Å². The Morgan fingerprint density at radius 2 is 1.95 bits per heavy atom. The van der Waals surface area contributed by atoms with Crippen molar-refractivity contribution in [2.75, 3.05) is 13.2 Å². The van der Waals surface area contributed by atoms with E-state index in [9.17, 15) is 5.11 Å². The minimum Gasteiger partial charge on any atom is -0.490 e. The van der Waals surface area contributed by atoms with Gasteiger partial charge in [0, 0.05) is 13.1 Å². The van der Waals surface area contributed by atoms with Crippen molar-refractivity contribution < 1.29 is 9.84 Å². The molecule has 0 heterocycles. The summed E-state index contributed by atoms with van der Waals surface area (Å²) in [6, 6.07) is 8.02. The molecule has 2 N–H and O–H groups in total. The fourth-order valence-corrected chi connectivity index (χ4v) is 2.51. The lowest BCUT2D eigenvalue weighted by Gasteiger charge is -2.22. The van der Waals surface area contributed by atoms with Crippen LogP contribution in [0.5, 0.6) is 5.75 Å². The third-order valence-corrected chi connectivity index (χ3v) is 3.61. The maximum atomic E-state index is 10.2. The highest BCUT2D eigenvalue weighted by Crippen LogP contribution is 2.28. The number of nitrogens with one attached hydrogen (secondary N) is 1. The van der Waals surface area contributed by atoms with Gasteiger partial charge in [-0.15, -0.1) is 0 Å². The van der Waals surface area contributed by atoms with Crippen molar-refractivity contribution in [3.63, 3.8) is 0 Å². The number of rotatable bonds is 7. The van der Waals surface area contributed by atoms with Gasteiger partial charge in [-0.2, -0.15) is 0 Å². The van der Waals surface area contributed by atoms with E-state index in [2.05, 4.69) is 11.9 Å². The van der Waals surface area contributed by atoms with E-state index in [1.54, 1.807) is 6.08 Å². The normalized spacial score (nSPS) is 17.3. The molecule has 1 aromatic carbocycles. The molecule has 19 heavy (non-hydrogen) atoms. The molecule has 0 radical (unpaired) electrons. The molecular weight excluding hydrogens is 238 g/mol. The van der Waals surface area contributed by atoms with Crippen LogP contribution in [0.4, 0.5) is 0 Å². The van der Waals surface area contributed by atoms with E-state index in [0.717, 1.165) is 38.0 Å². The quantitative estimate of drug-likeness (QED) is 0.741. The summed E-state index contributed by atoms with van der Waals surface area (Å²) >= 11 is 0. The second-order valence-electron chi connectivity index (χ2n) is 5.28. The van der Waals surface area contributed by atoms with Gasteiger partial charge in [-0.25, -0.2) is 0 Å². The number of ether oxygens (including phenoxy) is 1. The highest BCUT2D eigenvalue weighted by atomic mass is 16.5. The molecule has 0 bridgehead atoms. The summed E-state index contributed by atoms with van der Waals surface area (Å²) in [6.07, 6.45) is 5.88. The summed E-state index contributed by atoms with van der Waals surface area (Å²) in [5, 5.41) is 13.6. The lowest BCUT2D eigenvalue weighted by Crippen LogP contribution is -2.37. The monoisotopic (exact) mass is 261 g/mol. The van der Waals surface area contributed by atoms with Gasteiger partial charge in [0.25, 0.3) is 0 Å². The molecule has 3 nitrogen and oxygen atoms in total. The van der Waals surface area contributed by atoms with Crippen molar-refractivity contribution in [2.24, 2.45) is 0 Å². The Kier molecular flexibility index (Phi) is 5.00. The van der Waals surface area contributed by atoms with E-state index in [1.165, 1.54) is 5.56 Å². The topological polar surface area (TPSA) is 41.5 Å². The third-order valence-electron chi connectivity index (χ3n) is 3.61. The molecular formula is C16H23NO2. The number of hydrogen-bond acceptors (Lipinski definition) is 3. The summed E-state index contributed by atoms with van der Waals surface area (Å²) in [5.41, 5.74) is 0.722. The zero-order valence-corrected chi connectivity index (χ0v) is 11.4. The fraction of sp³-hybridized carbons (Fsp3) is 0.500. The van der Waals surface area contributed by atoms with Crippen molar-refractivity contribution in [3.8, 4) is 5.75 Å². The molecule has 1 aromatic rings. The summed E-state index contributed by atoms with van der Waals surface area (Å²) in [7, 11) is 0. The summed E-state index contributed by atoms with van der Waals surface area (Å²) in [4.78, 5) is 0. The largest absolute Gasteiger partial charge is 0.490 e. The van der Waals surface area contributed by atoms with Crippen LogP contribution in [-0.2, 0) is 6.54 Å². The van der Waals surface area contributed by atoms with Gasteiger partial charge in [0.05, 0.1) is 5.60 Å². The van der Waals surface area contributed by atoms with Gasteiger partial charge >= 0.3 is 0 Å². The van der Waals surface area contributed by atoms with Crippen molar-refractivity contribution >= 4 is 0 Å². The first kappa shape index (κ1) is 14.1. The van der Waals surface area contributed by atoms with E-state index in [4.69, 9.17) is 4.74 Å². The minimum atomic E-state index is -0.479. The zero-order chi connectivity index (χ0) is 13.6. The first-order chi connectivity index (χ1) is 9.22. The second-order valence-corrected chi connectivity index (χ2v) is 5.28. The van der Waals surface area contributed by atoms with E-state index < -0.39 is 5.60 Å². The van der Waals surface area contributed by atoms with Crippen LogP contribution in [0.1, 0.15) is 31.2 Å². The Labute approximate surface area is 115 Å².